The van der Waals surface area contributed by atoms with Crippen LogP contribution in [-0.2, 0) is 10.0 Å². The number of hydrogen-bond acceptors (Lipinski definition) is 5. The fraction of sp³-hybridized carbons (Fsp3) is 0.235. The van der Waals surface area contributed by atoms with Gasteiger partial charge in [-0.1, -0.05) is 0 Å². The van der Waals surface area contributed by atoms with Crippen LogP contribution in [0.4, 0.5) is 5.69 Å². The number of aromatic carboxylic acids is 1. The number of carbonyl (C=O) groups is 1. The molecule has 8 heteroatoms. The van der Waals surface area contributed by atoms with E-state index in [4.69, 9.17) is 14.6 Å². The van der Waals surface area contributed by atoms with E-state index in [2.05, 4.69) is 4.72 Å². The van der Waals surface area contributed by atoms with Crippen molar-refractivity contribution in [2.45, 2.75) is 18.7 Å². The minimum absolute atomic E-state index is 0.0126. The number of ether oxygens (including phenoxy) is 2. The summed E-state index contributed by atoms with van der Waals surface area (Å²) in [5, 5.41) is 8.87. The Labute approximate surface area is 146 Å². The van der Waals surface area contributed by atoms with Crippen molar-refractivity contribution in [1.29, 1.82) is 0 Å². The van der Waals surface area contributed by atoms with E-state index in [-0.39, 0.29) is 10.5 Å². The average Bonchev–Trinajstić information content (AvgIpc) is 2.57. The van der Waals surface area contributed by atoms with Crippen LogP contribution in [0.15, 0.2) is 47.4 Å². The highest BCUT2D eigenvalue weighted by Crippen LogP contribution is 2.31. The van der Waals surface area contributed by atoms with Gasteiger partial charge in [-0.2, -0.15) is 0 Å². The fourth-order valence-corrected chi connectivity index (χ4v) is 3.15. The molecule has 0 fully saturated rings. The second kappa shape index (κ2) is 7.89. The van der Waals surface area contributed by atoms with Crippen LogP contribution in [0.1, 0.15) is 24.2 Å². The maximum atomic E-state index is 12.4. The Morgan fingerprint density at radius 1 is 1.00 bits per heavy atom. The van der Waals surface area contributed by atoms with Gasteiger partial charge in [-0.25, -0.2) is 13.2 Å². The standard InChI is InChI=1S/C17H19NO6S/c1-3-23-15-10-7-13(11-16(15)24-4-2)18-25(21,22)14-8-5-12(6-9-14)17(19)20/h5-11,18H,3-4H2,1-2H3,(H,19,20). The van der Waals surface area contributed by atoms with E-state index in [1.807, 2.05) is 13.8 Å². The molecule has 0 aliphatic carbocycles. The van der Waals surface area contributed by atoms with E-state index in [0.29, 0.717) is 30.4 Å². The minimum atomic E-state index is -3.85. The molecule has 0 unspecified atom stereocenters. The van der Waals surface area contributed by atoms with Crippen LogP contribution in [0.5, 0.6) is 11.5 Å². The normalized spacial score (nSPS) is 11.0. The molecule has 0 heterocycles. The van der Waals surface area contributed by atoms with Crippen LogP contribution in [0, 0.1) is 0 Å². The summed E-state index contributed by atoms with van der Waals surface area (Å²) in [4.78, 5) is 10.8. The van der Waals surface area contributed by atoms with E-state index in [0.717, 1.165) is 0 Å². The SMILES string of the molecule is CCOc1ccc(NS(=O)(=O)c2ccc(C(=O)O)cc2)cc1OCC. The summed E-state index contributed by atoms with van der Waals surface area (Å²) in [6.07, 6.45) is 0. The molecule has 2 aromatic rings. The summed E-state index contributed by atoms with van der Waals surface area (Å²) >= 11 is 0. The van der Waals surface area contributed by atoms with Gasteiger partial charge in [0.05, 0.1) is 29.4 Å². The lowest BCUT2D eigenvalue weighted by Crippen LogP contribution is -2.13. The van der Waals surface area contributed by atoms with Crippen molar-refractivity contribution in [3.05, 3.63) is 48.0 Å². The van der Waals surface area contributed by atoms with E-state index >= 15 is 0 Å². The topological polar surface area (TPSA) is 102 Å². The molecule has 0 atom stereocenters. The van der Waals surface area contributed by atoms with Crippen molar-refractivity contribution < 1.29 is 27.8 Å². The molecule has 0 aromatic heterocycles. The third-order valence-electron chi connectivity index (χ3n) is 3.21. The summed E-state index contributed by atoms with van der Waals surface area (Å²) < 4.78 is 38.2. The molecular weight excluding hydrogens is 346 g/mol. The highest BCUT2D eigenvalue weighted by atomic mass is 32.2. The largest absolute Gasteiger partial charge is 0.490 e. The number of carboxylic acids is 1. The van der Waals surface area contributed by atoms with Gasteiger partial charge in [0.1, 0.15) is 0 Å². The molecule has 0 aliphatic heterocycles. The van der Waals surface area contributed by atoms with Gasteiger partial charge < -0.3 is 14.6 Å². The Morgan fingerprint density at radius 2 is 1.60 bits per heavy atom. The van der Waals surface area contributed by atoms with E-state index in [1.165, 1.54) is 30.3 Å². The summed E-state index contributed by atoms with van der Waals surface area (Å²) in [5.74, 6) is -0.159. The fourth-order valence-electron chi connectivity index (χ4n) is 2.11. The lowest BCUT2D eigenvalue weighted by atomic mass is 10.2. The molecule has 0 saturated heterocycles. The third-order valence-corrected chi connectivity index (χ3v) is 4.60. The third kappa shape index (κ3) is 4.63. The highest BCUT2D eigenvalue weighted by Gasteiger charge is 2.16. The van der Waals surface area contributed by atoms with Crippen molar-refractivity contribution in [2.24, 2.45) is 0 Å². The second-order valence-electron chi connectivity index (χ2n) is 4.96. The van der Waals surface area contributed by atoms with Crippen LogP contribution >= 0.6 is 0 Å². The molecule has 7 nitrogen and oxygen atoms in total. The Balaban J connectivity index is 2.27. The number of benzene rings is 2. The zero-order valence-electron chi connectivity index (χ0n) is 13.9. The van der Waals surface area contributed by atoms with Gasteiger partial charge in [-0.3, -0.25) is 4.72 Å². The Hall–Kier alpha value is -2.74. The van der Waals surface area contributed by atoms with E-state index in [1.54, 1.807) is 12.1 Å². The second-order valence-corrected chi connectivity index (χ2v) is 6.64. The number of hydrogen-bond donors (Lipinski definition) is 2. The molecule has 2 N–H and O–H groups in total. The number of anilines is 1. The Morgan fingerprint density at radius 3 is 2.16 bits per heavy atom. The zero-order valence-corrected chi connectivity index (χ0v) is 14.7. The first kappa shape index (κ1) is 18.6. The lowest BCUT2D eigenvalue weighted by Gasteiger charge is -2.14. The van der Waals surface area contributed by atoms with Crippen molar-refractivity contribution in [3.8, 4) is 11.5 Å². The van der Waals surface area contributed by atoms with Crippen molar-refractivity contribution in [3.63, 3.8) is 0 Å². The molecule has 0 saturated carbocycles. The zero-order chi connectivity index (χ0) is 18.4. The van der Waals surface area contributed by atoms with Gasteiger partial charge in [0.2, 0.25) is 0 Å². The maximum absolute atomic E-state index is 12.4. The maximum Gasteiger partial charge on any atom is 0.335 e. The monoisotopic (exact) mass is 365 g/mol. The quantitative estimate of drug-likeness (QED) is 0.746. The first-order valence-corrected chi connectivity index (χ1v) is 9.11. The number of nitrogens with one attached hydrogen (secondary N) is 1. The number of carboxylic acid groups (broad SMARTS) is 1. The predicted molar refractivity (Wildman–Crippen MR) is 93.0 cm³/mol. The number of sulfonamides is 1. The van der Waals surface area contributed by atoms with Crippen LogP contribution in [0.25, 0.3) is 0 Å². The molecule has 2 aromatic carbocycles. The van der Waals surface area contributed by atoms with Crippen LogP contribution in [0.3, 0.4) is 0 Å². The predicted octanol–water partition coefficient (Wildman–Crippen LogP) is 2.98. The smallest absolute Gasteiger partial charge is 0.335 e. The molecule has 0 radical (unpaired) electrons. The Bertz CT molecular complexity index is 846. The Kier molecular flexibility index (Phi) is 5.87. The van der Waals surface area contributed by atoms with Gasteiger partial charge in [0, 0.05) is 6.07 Å². The highest BCUT2D eigenvalue weighted by molar-refractivity contribution is 7.92. The molecule has 2 rings (SSSR count). The molecule has 0 aliphatic rings. The summed E-state index contributed by atoms with van der Waals surface area (Å²) in [6, 6.07) is 9.68. The molecule has 0 spiro atoms. The van der Waals surface area contributed by atoms with Gasteiger partial charge >= 0.3 is 5.97 Å². The van der Waals surface area contributed by atoms with Crippen molar-refractivity contribution >= 4 is 21.7 Å². The molecule has 134 valence electrons. The van der Waals surface area contributed by atoms with Gasteiger partial charge in [-0.15, -0.1) is 0 Å². The van der Waals surface area contributed by atoms with Crippen molar-refractivity contribution in [1.82, 2.24) is 0 Å². The van der Waals surface area contributed by atoms with Crippen LogP contribution < -0.4 is 14.2 Å². The van der Waals surface area contributed by atoms with Gasteiger partial charge in [-0.05, 0) is 50.2 Å². The summed E-state index contributed by atoms with van der Waals surface area (Å²) in [5.41, 5.74) is 0.327. The first-order chi connectivity index (χ1) is 11.9. The van der Waals surface area contributed by atoms with Gasteiger partial charge in [0.15, 0.2) is 11.5 Å². The minimum Gasteiger partial charge on any atom is -0.490 e. The van der Waals surface area contributed by atoms with Crippen LogP contribution in [0.2, 0.25) is 0 Å². The van der Waals surface area contributed by atoms with E-state index in [9.17, 15) is 13.2 Å². The van der Waals surface area contributed by atoms with Crippen molar-refractivity contribution in [2.75, 3.05) is 17.9 Å². The lowest BCUT2D eigenvalue weighted by molar-refractivity contribution is 0.0696. The molecular formula is C17H19NO6S. The van der Waals surface area contributed by atoms with Crippen LogP contribution in [-0.4, -0.2) is 32.7 Å². The molecule has 0 bridgehead atoms. The summed E-state index contributed by atoms with van der Waals surface area (Å²) in [6.45, 7) is 4.53. The first-order valence-electron chi connectivity index (χ1n) is 7.63. The van der Waals surface area contributed by atoms with E-state index < -0.39 is 16.0 Å². The summed E-state index contributed by atoms with van der Waals surface area (Å²) in [7, 11) is -3.85. The van der Waals surface area contributed by atoms with Gasteiger partial charge in [0.25, 0.3) is 10.0 Å². The molecule has 0 amide bonds. The molecule has 25 heavy (non-hydrogen) atoms. The average molecular weight is 365 g/mol. The number of rotatable bonds is 8.